The molecule has 0 fully saturated rings. The number of hydrogen-bond acceptors (Lipinski definition) is 4. The van der Waals surface area contributed by atoms with Gasteiger partial charge in [-0.25, -0.2) is 4.98 Å². The van der Waals surface area contributed by atoms with E-state index in [1.165, 1.54) is 18.3 Å². The van der Waals surface area contributed by atoms with E-state index in [0.29, 0.717) is 10.4 Å². The fourth-order valence-corrected chi connectivity index (χ4v) is 3.91. The van der Waals surface area contributed by atoms with Crippen LogP contribution in [0.25, 0.3) is 6.08 Å². The standard InChI is InChI=1S/C25H22F3N3OS/c1-24(2,3)19-9-7-16(8-10-19)11-18(14-29)22(32)31-23-30-15-21(33-23)13-17-5-4-6-20(12-17)25(26,27)28/h4-12,15H,13H2,1-3H3,(H,30,31,32)/b18-11+. The lowest BCUT2D eigenvalue weighted by atomic mass is 9.86. The zero-order valence-corrected chi connectivity index (χ0v) is 19.1. The topological polar surface area (TPSA) is 65.8 Å². The van der Waals surface area contributed by atoms with Crippen molar-refractivity contribution in [2.75, 3.05) is 5.32 Å². The van der Waals surface area contributed by atoms with E-state index in [0.717, 1.165) is 34.6 Å². The van der Waals surface area contributed by atoms with Crippen LogP contribution in [-0.4, -0.2) is 10.9 Å². The molecule has 1 aromatic heterocycles. The number of anilines is 1. The molecule has 0 aliphatic heterocycles. The molecule has 0 bridgehead atoms. The van der Waals surface area contributed by atoms with Crippen molar-refractivity contribution in [3.8, 4) is 6.07 Å². The van der Waals surface area contributed by atoms with Gasteiger partial charge in [0.25, 0.3) is 5.91 Å². The van der Waals surface area contributed by atoms with E-state index in [1.807, 2.05) is 30.3 Å². The van der Waals surface area contributed by atoms with E-state index in [2.05, 4.69) is 31.1 Å². The first kappa shape index (κ1) is 24.2. The molecule has 2 aromatic carbocycles. The maximum atomic E-state index is 12.9. The Labute approximate surface area is 194 Å². The Kier molecular flexibility index (Phi) is 7.04. The van der Waals surface area contributed by atoms with Crippen LogP contribution < -0.4 is 5.32 Å². The summed E-state index contributed by atoms with van der Waals surface area (Å²) in [4.78, 5) is 17.3. The van der Waals surface area contributed by atoms with Gasteiger partial charge >= 0.3 is 6.18 Å². The lowest BCUT2D eigenvalue weighted by Crippen LogP contribution is -2.13. The van der Waals surface area contributed by atoms with Crippen molar-refractivity contribution in [2.45, 2.75) is 38.8 Å². The number of nitrogens with one attached hydrogen (secondary N) is 1. The molecule has 0 aliphatic rings. The minimum atomic E-state index is -4.41. The quantitative estimate of drug-likeness (QED) is 0.338. The van der Waals surface area contributed by atoms with Crippen LogP contribution >= 0.6 is 11.3 Å². The molecule has 170 valence electrons. The zero-order chi connectivity index (χ0) is 24.2. The van der Waals surface area contributed by atoms with Crippen molar-refractivity contribution < 1.29 is 18.0 Å². The molecule has 0 radical (unpaired) electrons. The number of hydrogen-bond donors (Lipinski definition) is 1. The summed E-state index contributed by atoms with van der Waals surface area (Å²) in [5.41, 5.74) is 1.56. The van der Waals surface area contributed by atoms with Crippen LogP contribution in [0.3, 0.4) is 0 Å². The number of rotatable bonds is 5. The molecule has 1 amide bonds. The number of thiazole rings is 1. The van der Waals surface area contributed by atoms with Crippen molar-refractivity contribution in [1.29, 1.82) is 5.26 Å². The van der Waals surface area contributed by atoms with Gasteiger partial charge in [-0.05, 0) is 34.2 Å². The second-order valence-electron chi connectivity index (χ2n) is 8.50. The molecular weight excluding hydrogens is 447 g/mol. The number of carbonyl (C=O) groups excluding carboxylic acids is 1. The number of aromatic nitrogens is 1. The molecule has 3 aromatic rings. The van der Waals surface area contributed by atoms with E-state index < -0.39 is 17.6 Å². The average molecular weight is 470 g/mol. The third-order valence-electron chi connectivity index (χ3n) is 4.86. The van der Waals surface area contributed by atoms with Gasteiger partial charge in [0.05, 0.1) is 5.56 Å². The fraction of sp³-hybridized carbons (Fsp3) is 0.240. The summed E-state index contributed by atoms with van der Waals surface area (Å²) in [6.07, 6.45) is -1.16. The van der Waals surface area contributed by atoms with Crippen molar-refractivity contribution >= 4 is 28.5 Å². The Hall–Kier alpha value is -3.44. The van der Waals surface area contributed by atoms with E-state index in [1.54, 1.807) is 6.07 Å². The Morgan fingerprint density at radius 2 is 1.82 bits per heavy atom. The molecule has 0 spiro atoms. The van der Waals surface area contributed by atoms with Crippen LogP contribution in [0.2, 0.25) is 0 Å². The van der Waals surface area contributed by atoms with Crippen LogP contribution in [-0.2, 0) is 22.8 Å². The molecule has 0 unspecified atom stereocenters. The summed E-state index contributed by atoms with van der Waals surface area (Å²) in [7, 11) is 0. The fourth-order valence-electron chi connectivity index (χ4n) is 3.06. The summed E-state index contributed by atoms with van der Waals surface area (Å²) in [6.45, 7) is 6.30. The summed E-state index contributed by atoms with van der Waals surface area (Å²) in [5, 5.41) is 12.3. The minimum Gasteiger partial charge on any atom is -0.297 e. The Bertz CT molecular complexity index is 1210. The molecule has 1 N–H and O–H groups in total. The summed E-state index contributed by atoms with van der Waals surface area (Å²) in [6, 6.07) is 14.6. The third kappa shape index (κ3) is 6.53. The molecule has 8 heteroatoms. The lowest BCUT2D eigenvalue weighted by Gasteiger charge is -2.18. The van der Waals surface area contributed by atoms with Gasteiger partial charge in [-0.1, -0.05) is 63.2 Å². The highest BCUT2D eigenvalue weighted by Gasteiger charge is 2.30. The second-order valence-corrected chi connectivity index (χ2v) is 9.62. The second kappa shape index (κ2) is 9.59. The predicted octanol–water partition coefficient (Wildman–Crippen LogP) is 6.60. The molecule has 1 heterocycles. The summed E-state index contributed by atoms with van der Waals surface area (Å²) >= 11 is 1.15. The summed E-state index contributed by atoms with van der Waals surface area (Å²) < 4.78 is 38.7. The van der Waals surface area contributed by atoms with Crippen molar-refractivity contribution in [1.82, 2.24) is 4.98 Å². The van der Waals surface area contributed by atoms with Gasteiger partial charge in [-0.2, -0.15) is 18.4 Å². The maximum absolute atomic E-state index is 12.9. The van der Waals surface area contributed by atoms with Crippen LogP contribution in [0, 0.1) is 11.3 Å². The number of nitriles is 1. The third-order valence-corrected chi connectivity index (χ3v) is 5.77. The van der Waals surface area contributed by atoms with Crippen LogP contribution in [0.15, 0.2) is 60.3 Å². The number of benzene rings is 2. The minimum absolute atomic E-state index is 0.00567. The highest BCUT2D eigenvalue weighted by molar-refractivity contribution is 7.15. The van der Waals surface area contributed by atoms with Gasteiger partial charge < -0.3 is 0 Å². The van der Waals surface area contributed by atoms with Crippen LogP contribution in [0.4, 0.5) is 18.3 Å². The lowest BCUT2D eigenvalue weighted by molar-refractivity contribution is -0.137. The van der Waals surface area contributed by atoms with Crippen molar-refractivity contribution in [2.24, 2.45) is 0 Å². The number of halogens is 3. The van der Waals surface area contributed by atoms with Gasteiger partial charge in [0.15, 0.2) is 5.13 Å². The smallest absolute Gasteiger partial charge is 0.297 e. The number of carbonyl (C=O) groups is 1. The SMILES string of the molecule is CC(C)(C)c1ccc(/C=C(\C#N)C(=O)Nc2ncc(Cc3cccc(C(F)(F)F)c3)s2)cc1. The van der Waals surface area contributed by atoms with Crippen molar-refractivity contribution in [3.05, 3.63) is 87.4 Å². The Balaban J connectivity index is 1.69. The van der Waals surface area contributed by atoms with Gasteiger partial charge in [0.1, 0.15) is 11.6 Å². The highest BCUT2D eigenvalue weighted by Crippen LogP contribution is 2.30. The number of alkyl halides is 3. The van der Waals surface area contributed by atoms with Crippen LogP contribution in [0.1, 0.15) is 47.9 Å². The van der Waals surface area contributed by atoms with Crippen molar-refractivity contribution in [3.63, 3.8) is 0 Å². The first-order chi connectivity index (χ1) is 15.5. The molecule has 0 saturated heterocycles. The molecular formula is C25H22F3N3OS. The van der Waals surface area contributed by atoms with E-state index in [4.69, 9.17) is 0 Å². The Morgan fingerprint density at radius 1 is 1.12 bits per heavy atom. The molecule has 33 heavy (non-hydrogen) atoms. The van der Waals surface area contributed by atoms with E-state index >= 15 is 0 Å². The molecule has 3 rings (SSSR count). The average Bonchev–Trinajstić information content (AvgIpc) is 3.17. The normalized spacial score (nSPS) is 12.3. The summed E-state index contributed by atoms with van der Waals surface area (Å²) in [5.74, 6) is -0.600. The van der Waals surface area contributed by atoms with Gasteiger partial charge in [0, 0.05) is 17.5 Å². The molecule has 0 saturated carbocycles. The number of amides is 1. The van der Waals surface area contributed by atoms with Gasteiger partial charge in [-0.3, -0.25) is 10.1 Å². The zero-order valence-electron chi connectivity index (χ0n) is 18.3. The van der Waals surface area contributed by atoms with E-state index in [-0.39, 0.29) is 22.5 Å². The van der Waals surface area contributed by atoms with Gasteiger partial charge in [-0.15, -0.1) is 11.3 Å². The van der Waals surface area contributed by atoms with E-state index in [9.17, 15) is 23.2 Å². The maximum Gasteiger partial charge on any atom is 0.416 e. The highest BCUT2D eigenvalue weighted by atomic mass is 32.1. The van der Waals surface area contributed by atoms with Crippen LogP contribution in [0.5, 0.6) is 0 Å². The molecule has 4 nitrogen and oxygen atoms in total. The largest absolute Gasteiger partial charge is 0.416 e. The van der Waals surface area contributed by atoms with Gasteiger partial charge in [0.2, 0.25) is 0 Å². The monoisotopic (exact) mass is 469 g/mol. The predicted molar refractivity (Wildman–Crippen MR) is 124 cm³/mol. The first-order valence-electron chi connectivity index (χ1n) is 10.1. The molecule has 0 atom stereocenters. The molecule has 0 aliphatic carbocycles. The number of nitrogens with zero attached hydrogens (tertiary/aromatic N) is 2. The Morgan fingerprint density at radius 3 is 2.42 bits per heavy atom. The first-order valence-corrected chi connectivity index (χ1v) is 10.9.